The first-order valence-electron chi connectivity index (χ1n) is 5.36. The topological polar surface area (TPSA) is 39.1 Å². The zero-order chi connectivity index (χ0) is 11.4. The first-order chi connectivity index (χ1) is 7.06. The number of methoxy groups -OCH3 is 1. The van der Waals surface area contributed by atoms with Crippen LogP contribution in [0, 0.1) is 6.92 Å². The molecule has 1 N–H and O–H groups in total. The fourth-order valence-electron chi connectivity index (χ4n) is 1.71. The Labute approximate surface area is 91.6 Å². The molecule has 0 saturated carbocycles. The first kappa shape index (κ1) is 12.0. The molecule has 1 heterocycles. The van der Waals surface area contributed by atoms with Crippen LogP contribution < -0.4 is 10.1 Å². The van der Waals surface area contributed by atoms with Gasteiger partial charge in [-0.15, -0.1) is 0 Å². The summed E-state index contributed by atoms with van der Waals surface area (Å²) >= 11 is 0. The van der Waals surface area contributed by atoms with E-state index in [4.69, 9.17) is 4.74 Å². The van der Waals surface area contributed by atoms with E-state index in [0.717, 1.165) is 24.5 Å². The van der Waals surface area contributed by atoms with Crippen molar-refractivity contribution in [3.05, 3.63) is 11.3 Å². The smallest absolute Gasteiger partial charge is 0.214 e. The molecule has 0 bridgehead atoms. The zero-order valence-electron chi connectivity index (χ0n) is 10.3. The predicted octanol–water partition coefficient (Wildman–Crippen LogP) is 1.28. The summed E-state index contributed by atoms with van der Waals surface area (Å²) in [5.41, 5.74) is 2.26. The monoisotopic (exact) mass is 211 g/mol. The van der Waals surface area contributed by atoms with Gasteiger partial charge >= 0.3 is 0 Å². The Kier molecular flexibility index (Phi) is 4.15. The molecule has 0 amide bonds. The summed E-state index contributed by atoms with van der Waals surface area (Å²) in [4.78, 5) is 0. The number of nitrogens with one attached hydrogen (secondary N) is 1. The highest BCUT2D eigenvalue weighted by molar-refractivity contribution is 5.31. The lowest BCUT2D eigenvalue weighted by atomic mass is 10.2. The summed E-state index contributed by atoms with van der Waals surface area (Å²) < 4.78 is 7.12. The summed E-state index contributed by atoms with van der Waals surface area (Å²) in [6, 6.07) is 0.521. The van der Waals surface area contributed by atoms with E-state index in [-0.39, 0.29) is 0 Å². The largest absolute Gasteiger partial charge is 0.481 e. The summed E-state index contributed by atoms with van der Waals surface area (Å²) in [7, 11) is 3.60. The Morgan fingerprint density at radius 1 is 1.47 bits per heavy atom. The van der Waals surface area contributed by atoms with Crippen molar-refractivity contribution in [1.29, 1.82) is 0 Å². The van der Waals surface area contributed by atoms with Crippen LogP contribution in [0.1, 0.15) is 25.1 Å². The molecule has 0 aliphatic heterocycles. The van der Waals surface area contributed by atoms with Crippen LogP contribution in [-0.2, 0) is 13.5 Å². The highest BCUT2D eigenvalue weighted by Gasteiger charge is 2.12. The highest BCUT2D eigenvalue weighted by Crippen LogP contribution is 2.20. The van der Waals surface area contributed by atoms with Crippen LogP contribution in [0.3, 0.4) is 0 Å². The second-order valence-corrected chi connectivity index (χ2v) is 4.06. The van der Waals surface area contributed by atoms with E-state index in [0.29, 0.717) is 6.04 Å². The van der Waals surface area contributed by atoms with E-state index < -0.39 is 0 Å². The Hall–Kier alpha value is -1.03. The Morgan fingerprint density at radius 3 is 2.67 bits per heavy atom. The van der Waals surface area contributed by atoms with Crippen molar-refractivity contribution >= 4 is 0 Å². The number of hydrogen-bond donors (Lipinski definition) is 1. The standard InChI is InChI=1S/C11H21N3O/c1-8(2)12-7-6-10-9(3)13-14(4)11(10)15-5/h8,12H,6-7H2,1-5H3. The molecule has 1 aromatic rings. The van der Waals surface area contributed by atoms with Gasteiger partial charge in [0.2, 0.25) is 5.88 Å². The van der Waals surface area contributed by atoms with Gasteiger partial charge < -0.3 is 10.1 Å². The second-order valence-electron chi connectivity index (χ2n) is 4.06. The minimum absolute atomic E-state index is 0.521. The molecule has 0 atom stereocenters. The number of rotatable bonds is 5. The molecular formula is C11H21N3O. The van der Waals surface area contributed by atoms with Crippen LogP contribution >= 0.6 is 0 Å². The molecule has 0 unspecified atom stereocenters. The van der Waals surface area contributed by atoms with Crippen LogP contribution in [0.2, 0.25) is 0 Å². The van der Waals surface area contributed by atoms with Crippen LogP contribution in [0.25, 0.3) is 0 Å². The van der Waals surface area contributed by atoms with Crippen LogP contribution in [0.5, 0.6) is 5.88 Å². The molecular weight excluding hydrogens is 190 g/mol. The number of aromatic nitrogens is 2. The van der Waals surface area contributed by atoms with Crippen LogP contribution in [0.15, 0.2) is 0 Å². The van der Waals surface area contributed by atoms with Gasteiger partial charge in [-0.2, -0.15) is 5.10 Å². The van der Waals surface area contributed by atoms with Crippen LogP contribution in [0.4, 0.5) is 0 Å². The number of aryl methyl sites for hydroxylation is 2. The summed E-state index contributed by atoms with van der Waals surface area (Å²) in [5.74, 6) is 0.873. The fourth-order valence-corrected chi connectivity index (χ4v) is 1.71. The lowest BCUT2D eigenvalue weighted by Gasteiger charge is -2.08. The molecule has 86 valence electrons. The van der Waals surface area contributed by atoms with Gasteiger partial charge in [-0.1, -0.05) is 13.8 Å². The van der Waals surface area contributed by atoms with Crippen molar-refractivity contribution in [3.63, 3.8) is 0 Å². The van der Waals surface area contributed by atoms with Crippen molar-refractivity contribution in [1.82, 2.24) is 15.1 Å². The minimum Gasteiger partial charge on any atom is -0.481 e. The van der Waals surface area contributed by atoms with E-state index in [1.807, 2.05) is 14.0 Å². The molecule has 1 rings (SSSR count). The Bertz CT molecular complexity index is 318. The molecule has 0 radical (unpaired) electrons. The van der Waals surface area contributed by atoms with Crippen molar-refractivity contribution in [2.75, 3.05) is 13.7 Å². The Morgan fingerprint density at radius 2 is 2.13 bits per heavy atom. The minimum atomic E-state index is 0.521. The molecule has 0 fully saturated rings. The van der Waals surface area contributed by atoms with Crippen molar-refractivity contribution in [3.8, 4) is 5.88 Å². The van der Waals surface area contributed by atoms with Gasteiger partial charge in [0.1, 0.15) is 0 Å². The third-order valence-corrected chi connectivity index (χ3v) is 2.41. The predicted molar refractivity (Wildman–Crippen MR) is 61.3 cm³/mol. The molecule has 0 aliphatic rings. The van der Waals surface area contributed by atoms with Crippen molar-refractivity contribution in [2.24, 2.45) is 7.05 Å². The molecule has 0 aromatic carbocycles. The van der Waals surface area contributed by atoms with Gasteiger partial charge in [0.25, 0.3) is 0 Å². The van der Waals surface area contributed by atoms with E-state index in [9.17, 15) is 0 Å². The zero-order valence-corrected chi connectivity index (χ0v) is 10.3. The maximum atomic E-state index is 5.33. The quantitative estimate of drug-likeness (QED) is 0.797. The molecule has 4 heteroatoms. The lowest BCUT2D eigenvalue weighted by Crippen LogP contribution is -2.25. The molecule has 0 aliphatic carbocycles. The van der Waals surface area contributed by atoms with Crippen LogP contribution in [-0.4, -0.2) is 29.5 Å². The summed E-state index contributed by atoms with van der Waals surface area (Å²) in [5, 5.41) is 7.73. The number of ether oxygens (including phenoxy) is 1. The fraction of sp³-hybridized carbons (Fsp3) is 0.727. The first-order valence-corrected chi connectivity index (χ1v) is 5.36. The van der Waals surface area contributed by atoms with E-state index >= 15 is 0 Å². The van der Waals surface area contributed by atoms with Crippen molar-refractivity contribution < 1.29 is 4.74 Å². The molecule has 0 spiro atoms. The SMILES string of the molecule is COc1c(CCNC(C)C)c(C)nn1C. The average Bonchev–Trinajstić information content (AvgIpc) is 2.41. The van der Waals surface area contributed by atoms with E-state index in [1.165, 1.54) is 5.56 Å². The second kappa shape index (κ2) is 5.16. The van der Waals surface area contributed by atoms with E-state index in [2.05, 4.69) is 24.3 Å². The maximum Gasteiger partial charge on any atom is 0.214 e. The van der Waals surface area contributed by atoms with Gasteiger partial charge in [-0.05, 0) is 19.9 Å². The van der Waals surface area contributed by atoms with E-state index in [1.54, 1.807) is 11.8 Å². The van der Waals surface area contributed by atoms with Crippen molar-refractivity contribution in [2.45, 2.75) is 33.2 Å². The average molecular weight is 211 g/mol. The lowest BCUT2D eigenvalue weighted by molar-refractivity contribution is 0.368. The maximum absolute atomic E-state index is 5.33. The number of hydrogen-bond acceptors (Lipinski definition) is 3. The molecule has 15 heavy (non-hydrogen) atoms. The third kappa shape index (κ3) is 2.96. The van der Waals surface area contributed by atoms with Gasteiger partial charge in [0.05, 0.1) is 12.8 Å². The van der Waals surface area contributed by atoms with Gasteiger partial charge in [0, 0.05) is 18.7 Å². The molecule has 0 saturated heterocycles. The normalized spacial score (nSPS) is 11.1. The Balaban J connectivity index is 2.67. The summed E-state index contributed by atoms with van der Waals surface area (Å²) in [6.45, 7) is 7.27. The highest BCUT2D eigenvalue weighted by atomic mass is 16.5. The molecule has 1 aromatic heterocycles. The number of nitrogens with zero attached hydrogens (tertiary/aromatic N) is 2. The van der Waals surface area contributed by atoms with Gasteiger partial charge in [0.15, 0.2) is 0 Å². The van der Waals surface area contributed by atoms with Gasteiger partial charge in [-0.25, -0.2) is 4.68 Å². The molecule has 4 nitrogen and oxygen atoms in total. The summed E-state index contributed by atoms with van der Waals surface area (Å²) in [6.07, 6.45) is 0.959. The van der Waals surface area contributed by atoms with Gasteiger partial charge in [-0.3, -0.25) is 0 Å². The third-order valence-electron chi connectivity index (χ3n) is 2.41.